The van der Waals surface area contributed by atoms with Crippen LogP contribution in [0.15, 0.2) is 4.99 Å². The van der Waals surface area contributed by atoms with Crippen molar-refractivity contribution in [2.24, 2.45) is 10.7 Å². The SMILES string of the molecule is CN(C(N)=NCCC(=O)N1CCCCCC1)C1CC1. The van der Waals surface area contributed by atoms with Gasteiger partial charge in [0.2, 0.25) is 5.91 Å². The Morgan fingerprint density at radius 1 is 1.26 bits per heavy atom. The zero-order valence-electron chi connectivity index (χ0n) is 12.0. The zero-order valence-corrected chi connectivity index (χ0v) is 12.0. The molecule has 1 saturated heterocycles. The number of carbonyl (C=O) groups is 1. The van der Waals surface area contributed by atoms with Gasteiger partial charge in [0.05, 0.1) is 6.54 Å². The molecule has 1 amide bonds. The van der Waals surface area contributed by atoms with Crippen LogP contribution >= 0.6 is 0 Å². The Bertz CT molecular complexity index is 330. The van der Waals surface area contributed by atoms with E-state index in [1.54, 1.807) is 0 Å². The Labute approximate surface area is 115 Å². The quantitative estimate of drug-likeness (QED) is 0.614. The van der Waals surface area contributed by atoms with Gasteiger partial charge in [-0.25, -0.2) is 0 Å². The normalized spacial score (nSPS) is 21.1. The minimum absolute atomic E-state index is 0.229. The van der Waals surface area contributed by atoms with Gasteiger partial charge in [0, 0.05) is 32.6 Å². The van der Waals surface area contributed by atoms with Crippen LogP contribution in [-0.4, -0.2) is 54.4 Å². The Morgan fingerprint density at radius 2 is 1.89 bits per heavy atom. The van der Waals surface area contributed by atoms with Crippen LogP contribution in [-0.2, 0) is 4.79 Å². The lowest BCUT2D eigenvalue weighted by Crippen LogP contribution is -2.36. The maximum Gasteiger partial charge on any atom is 0.224 e. The molecule has 0 spiro atoms. The number of aliphatic imine (C=N–C) groups is 1. The highest BCUT2D eigenvalue weighted by Crippen LogP contribution is 2.24. The van der Waals surface area contributed by atoms with Gasteiger partial charge in [-0.05, 0) is 25.7 Å². The van der Waals surface area contributed by atoms with E-state index in [1.165, 1.54) is 25.7 Å². The van der Waals surface area contributed by atoms with Gasteiger partial charge in [-0.15, -0.1) is 0 Å². The fraction of sp³-hybridized carbons (Fsp3) is 0.857. The van der Waals surface area contributed by atoms with E-state index in [0.717, 1.165) is 25.9 Å². The minimum atomic E-state index is 0.229. The number of hydrogen-bond donors (Lipinski definition) is 1. The van der Waals surface area contributed by atoms with E-state index in [4.69, 9.17) is 5.73 Å². The van der Waals surface area contributed by atoms with Crippen LogP contribution in [0, 0.1) is 0 Å². The first-order valence-electron chi connectivity index (χ1n) is 7.49. The summed E-state index contributed by atoms with van der Waals surface area (Å²) in [7, 11) is 1.98. The third-order valence-electron chi connectivity index (χ3n) is 4.01. The lowest BCUT2D eigenvalue weighted by Gasteiger charge is -2.20. The van der Waals surface area contributed by atoms with Gasteiger partial charge in [0.1, 0.15) is 0 Å². The number of likely N-dealkylation sites (tertiary alicyclic amines) is 1. The number of nitrogens with two attached hydrogens (primary N) is 1. The lowest BCUT2D eigenvalue weighted by atomic mass is 10.2. The highest BCUT2D eigenvalue weighted by molar-refractivity contribution is 5.80. The van der Waals surface area contributed by atoms with Crippen LogP contribution in [0.5, 0.6) is 0 Å². The summed E-state index contributed by atoms with van der Waals surface area (Å²) < 4.78 is 0. The number of nitrogens with zero attached hydrogens (tertiary/aromatic N) is 3. The van der Waals surface area contributed by atoms with Gasteiger partial charge in [-0.3, -0.25) is 9.79 Å². The molecule has 2 N–H and O–H groups in total. The fourth-order valence-corrected chi connectivity index (χ4v) is 2.50. The summed E-state index contributed by atoms with van der Waals surface area (Å²) in [5.41, 5.74) is 5.90. The van der Waals surface area contributed by atoms with Crippen LogP contribution in [0.2, 0.25) is 0 Å². The Balaban J connectivity index is 1.71. The number of guanidine groups is 1. The highest BCUT2D eigenvalue weighted by Gasteiger charge is 2.27. The Hall–Kier alpha value is -1.26. The van der Waals surface area contributed by atoms with Crippen molar-refractivity contribution < 1.29 is 4.79 Å². The summed E-state index contributed by atoms with van der Waals surface area (Å²) in [6, 6.07) is 0.574. The first-order valence-corrected chi connectivity index (χ1v) is 7.49. The summed E-state index contributed by atoms with van der Waals surface area (Å²) in [6.45, 7) is 2.35. The predicted molar refractivity (Wildman–Crippen MR) is 76.9 cm³/mol. The van der Waals surface area contributed by atoms with E-state index in [-0.39, 0.29) is 5.91 Å². The van der Waals surface area contributed by atoms with Gasteiger partial charge >= 0.3 is 0 Å². The first kappa shape index (κ1) is 14.2. The van der Waals surface area contributed by atoms with E-state index < -0.39 is 0 Å². The molecule has 0 aromatic carbocycles. The largest absolute Gasteiger partial charge is 0.370 e. The van der Waals surface area contributed by atoms with Gasteiger partial charge in [-0.1, -0.05) is 12.8 Å². The Kier molecular flexibility index (Phi) is 5.05. The highest BCUT2D eigenvalue weighted by atomic mass is 16.2. The van der Waals surface area contributed by atoms with Gasteiger partial charge in [-0.2, -0.15) is 0 Å². The van der Waals surface area contributed by atoms with E-state index in [2.05, 4.69) is 4.99 Å². The van der Waals surface area contributed by atoms with Crippen molar-refractivity contribution >= 4 is 11.9 Å². The van der Waals surface area contributed by atoms with Crippen molar-refractivity contribution in [3.05, 3.63) is 0 Å². The second-order valence-electron chi connectivity index (χ2n) is 5.63. The average Bonchev–Trinajstić information content (AvgIpc) is 3.23. The molecular formula is C14H26N4O. The number of amides is 1. The van der Waals surface area contributed by atoms with Gasteiger partial charge in [0.25, 0.3) is 0 Å². The number of rotatable bonds is 4. The summed E-state index contributed by atoms with van der Waals surface area (Å²) in [4.78, 5) is 20.4. The molecule has 1 heterocycles. The van der Waals surface area contributed by atoms with Gasteiger partial charge < -0.3 is 15.5 Å². The molecule has 2 aliphatic rings. The topological polar surface area (TPSA) is 61.9 Å². The average molecular weight is 266 g/mol. The molecule has 5 heteroatoms. The van der Waals surface area contributed by atoms with E-state index in [1.807, 2.05) is 16.8 Å². The Morgan fingerprint density at radius 3 is 2.47 bits per heavy atom. The van der Waals surface area contributed by atoms with Crippen molar-refractivity contribution in [1.29, 1.82) is 0 Å². The van der Waals surface area contributed by atoms with Crippen LogP contribution < -0.4 is 5.73 Å². The smallest absolute Gasteiger partial charge is 0.224 e. The monoisotopic (exact) mass is 266 g/mol. The summed E-state index contributed by atoms with van der Waals surface area (Å²) in [6.07, 6.45) is 7.68. The molecule has 1 saturated carbocycles. The molecular weight excluding hydrogens is 240 g/mol. The molecule has 1 aliphatic carbocycles. The third kappa shape index (κ3) is 4.40. The van der Waals surface area contributed by atoms with E-state index in [0.29, 0.717) is 25.0 Å². The summed E-state index contributed by atoms with van der Waals surface area (Å²) in [5.74, 6) is 0.804. The van der Waals surface area contributed by atoms with Crippen LogP contribution in [0.1, 0.15) is 44.9 Å². The number of hydrogen-bond acceptors (Lipinski definition) is 2. The van der Waals surface area contributed by atoms with Crippen molar-refractivity contribution in [1.82, 2.24) is 9.80 Å². The van der Waals surface area contributed by atoms with Crippen molar-refractivity contribution in [3.8, 4) is 0 Å². The zero-order chi connectivity index (χ0) is 13.7. The van der Waals surface area contributed by atoms with Crippen LogP contribution in [0.3, 0.4) is 0 Å². The van der Waals surface area contributed by atoms with Gasteiger partial charge in [0.15, 0.2) is 5.96 Å². The molecule has 5 nitrogen and oxygen atoms in total. The first-order chi connectivity index (χ1) is 9.18. The molecule has 0 aromatic rings. The molecule has 0 unspecified atom stereocenters. The maximum absolute atomic E-state index is 12.1. The molecule has 0 aromatic heterocycles. The summed E-state index contributed by atoms with van der Waals surface area (Å²) >= 11 is 0. The predicted octanol–water partition coefficient (Wildman–Crippen LogP) is 1.19. The maximum atomic E-state index is 12.1. The van der Waals surface area contributed by atoms with E-state index in [9.17, 15) is 4.79 Å². The van der Waals surface area contributed by atoms with Crippen molar-refractivity contribution in [2.75, 3.05) is 26.7 Å². The van der Waals surface area contributed by atoms with Crippen molar-refractivity contribution in [2.45, 2.75) is 51.0 Å². The molecule has 2 rings (SSSR count). The second kappa shape index (κ2) is 6.78. The molecule has 2 fully saturated rings. The minimum Gasteiger partial charge on any atom is -0.370 e. The van der Waals surface area contributed by atoms with E-state index >= 15 is 0 Å². The van der Waals surface area contributed by atoms with Crippen LogP contribution in [0.4, 0.5) is 0 Å². The fourth-order valence-electron chi connectivity index (χ4n) is 2.50. The second-order valence-corrected chi connectivity index (χ2v) is 5.63. The van der Waals surface area contributed by atoms with Crippen LogP contribution in [0.25, 0.3) is 0 Å². The standard InChI is InChI=1S/C14H26N4O/c1-17(12-6-7-12)14(15)16-9-8-13(19)18-10-4-2-3-5-11-18/h12H,2-11H2,1H3,(H2,15,16). The molecule has 19 heavy (non-hydrogen) atoms. The molecule has 0 bridgehead atoms. The lowest BCUT2D eigenvalue weighted by molar-refractivity contribution is -0.130. The van der Waals surface area contributed by atoms with Crippen molar-refractivity contribution in [3.63, 3.8) is 0 Å². The number of carbonyl (C=O) groups excluding carboxylic acids is 1. The molecule has 108 valence electrons. The molecule has 0 atom stereocenters. The third-order valence-corrected chi connectivity index (χ3v) is 4.01. The molecule has 0 radical (unpaired) electrons. The molecule has 1 aliphatic heterocycles. The summed E-state index contributed by atoms with van der Waals surface area (Å²) in [5, 5.41) is 0.